The molecule has 3 fully saturated rings. The molecule has 0 aromatic rings. The predicted octanol–water partition coefficient (Wildman–Crippen LogP) is 7.78. The van der Waals surface area contributed by atoms with Crippen LogP contribution in [0.25, 0.3) is 0 Å². The molecule has 0 radical (unpaired) electrons. The second-order valence-electron chi connectivity index (χ2n) is 13.3. The van der Waals surface area contributed by atoms with Crippen molar-refractivity contribution >= 4 is 11.8 Å². The van der Waals surface area contributed by atoms with E-state index in [1.54, 1.807) is 0 Å². The number of hydrogen-bond donors (Lipinski definition) is 0. The van der Waals surface area contributed by atoms with E-state index in [4.69, 9.17) is 4.74 Å². The zero-order valence-electron chi connectivity index (χ0n) is 22.8. The molecule has 0 saturated heterocycles. The average molecular weight is 471 g/mol. The lowest BCUT2D eigenvalue weighted by molar-refractivity contribution is -0.146. The smallest absolute Gasteiger partial charge is 0.306 e. The van der Waals surface area contributed by atoms with Gasteiger partial charge in [0.05, 0.1) is 13.0 Å². The molecule has 0 bridgehead atoms. The fraction of sp³-hybridized carbons (Fsp3) is 0.871. The van der Waals surface area contributed by atoms with Gasteiger partial charge in [0.1, 0.15) is 0 Å². The van der Waals surface area contributed by atoms with Gasteiger partial charge >= 0.3 is 5.97 Å². The van der Waals surface area contributed by atoms with Crippen molar-refractivity contribution in [2.45, 2.75) is 112 Å². The van der Waals surface area contributed by atoms with Gasteiger partial charge in [0, 0.05) is 5.92 Å². The highest BCUT2D eigenvalue weighted by molar-refractivity contribution is 5.95. The van der Waals surface area contributed by atoms with E-state index in [0.717, 1.165) is 42.4 Å². The van der Waals surface area contributed by atoms with Gasteiger partial charge in [-0.05, 0) is 104 Å². The van der Waals surface area contributed by atoms with Crippen LogP contribution < -0.4 is 0 Å². The van der Waals surface area contributed by atoms with Crippen LogP contribution in [0.4, 0.5) is 0 Å². The molecule has 4 aliphatic carbocycles. The van der Waals surface area contributed by atoms with Crippen LogP contribution in [0.15, 0.2) is 11.6 Å². The van der Waals surface area contributed by atoms with Gasteiger partial charge in [-0.1, -0.05) is 59.5 Å². The van der Waals surface area contributed by atoms with Gasteiger partial charge in [-0.2, -0.15) is 0 Å². The van der Waals surface area contributed by atoms with Gasteiger partial charge in [-0.25, -0.2) is 0 Å². The summed E-state index contributed by atoms with van der Waals surface area (Å²) in [6, 6.07) is 0. The van der Waals surface area contributed by atoms with Gasteiger partial charge < -0.3 is 4.74 Å². The fourth-order valence-electron chi connectivity index (χ4n) is 9.37. The first kappa shape index (κ1) is 26.0. The minimum Gasteiger partial charge on any atom is -0.466 e. The van der Waals surface area contributed by atoms with Crippen molar-refractivity contribution < 1.29 is 14.3 Å². The standard InChI is InChI=1S/C31H50O3/c1-7-34-29(33)17-22-19-31(6)23(18-28(22)32)11-12-24-26-14-13-25(21(4)10-8-9-20(2)3)30(26,5)16-15-27(24)31/h18,20-22,24-27H,7-17,19H2,1-6H3/t21?,22-,24?,25?,26?,27?,30-,31+/m1/s1. The summed E-state index contributed by atoms with van der Waals surface area (Å²) in [6.07, 6.45) is 15.0. The van der Waals surface area contributed by atoms with E-state index < -0.39 is 0 Å². The Hall–Kier alpha value is -1.12. The normalized spacial score (nSPS) is 40.3. The molecular weight excluding hydrogens is 420 g/mol. The summed E-state index contributed by atoms with van der Waals surface area (Å²) >= 11 is 0. The fourth-order valence-corrected chi connectivity index (χ4v) is 9.37. The maximum absolute atomic E-state index is 12.9. The van der Waals surface area contributed by atoms with Crippen LogP contribution in [-0.2, 0) is 14.3 Å². The summed E-state index contributed by atoms with van der Waals surface area (Å²) in [4.78, 5) is 25.1. The second-order valence-corrected chi connectivity index (χ2v) is 13.3. The van der Waals surface area contributed by atoms with Crippen molar-refractivity contribution in [3.05, 3.63) is 11.6 Å². The highest BCUT2D eigenvalue weighted by Crippen LogP contribution is 2.68. The first-order valence-electron chi connectivity index (χ1n) is 14.5. The van der Waals surface area contributed by atoms with E-state index >= 15 is 0 Å². The van der Waals surface area contributed by atoms with Crippen molar-refractivity contribution in [1.29, 1.82) is 0 Å². The third-order valence-corrected chi connectivity index (χ3v) is 11.0. The Balaban J connectivity index is 1.49. The molecule has 34 heavy (non-hydrogen) atoms. The number of hydrogen-bond acceptors (Lipinski definition) is 3. The molecule has 0 aliphatic heterocycles. The number of esters is 1. The first-order chi connectivity index (χ1) is 16.1. The third-order valence-electron chi connectivity index (χ3n) is 11.0. The van der Waals surface area contributed by atoms with Crippen LogP contribution in [0.2, 0.25) is 0 Å². The number of allylic oxidation sites excluding steroid dienone is 1. The van der Waals surface area contributed by atoms with Crippen molar-refractivity contribution in [3.8, 4) is 0 Å². The Morgan fingerprint density at radius 1 is 1.09 bits per heavy atom. The topological polar surface area (TPSA) is 43.4 Å². The maximum atomic E-state index is 12.9. The molecule has 4 aliphatic rings. The lowest BCUT2D eigenvalue weighted by atomic mass is 9.45. The van der Waals surface area contributed by atoms with E-state index in [9.17, 15) is 9.59 Å². The molecule has 0 spiro atoms. The van der Waals surface area contributed by atoms with Crippen molar-refractivity contribution in [2.24, 2.45) is 52.3 Å². The molecule has 8 atom stereocenters. The van der Waals surface area contributed by atoms with Crippen LogP contribution in [0.1, 0.15) is 112 Å². The molecule has 3 saturated carbocycles. The molecule has 0 aromatic heterocycles. The van der Waals surface area contributed by atoms with Gasteiger partial charge in [-0.15, -0.1) is 0 Å². The molecule has 4 rings (SSSR count). The number of ether oxygens (including phenoxy) is 1. The lowest BCUT2D eigenvalue weighted by Gasteiger charge is -2.59. The summed E-state index contributed by atoms with van der Waals surface area (Å²) in [7, 11) is 0. The summed E-state index contributed by atoms with van der Waals surface area (Å²) in [6.45, 7) is 14.5. The Kier molecular flexibility index (Phi) is 7.71. The van der Waals surface area contributed by atoms with Gasteiger partial charge in [-0.3, -0.25) is 9.59 Å². The van der Waals surface area contributed by atoms with E-state index in [2.05, 4.69) is 34.6 Å². The Labute approximate surface area is 208 Å². The number of rotatable bonds is 8. The largest absolute Gasteiger partial charge is 0.466 e. The van der Waals surface area contributed by atoms with Crippen LogP contribution >= 0.6 is 0 Å². The molecule has 5 unspecified atom stereocenters. The van der Waals surface area contributed by atoms with Crippen LogP contribution in [0.3, 0.4) is 0 Å². The minimum atomic E-state index is -0.213. The summed E-state index contributed by atoms with van der Waals surface area (Å²) in [5.74, 6) is 4.56. The number of carbonyl (C=O) groups excluding carboxylic acids is 2. The van der Waals surface area contributed by atoms with Gasteiger partial charge in [0.2, 0.25) is 0 Å². The Morgan fingerprint density at radius 2 is 1.85 bits per heavy atom. The van der Waals surface area contributed by atoms with Crippen LogP contribution in [0.5, 0.6) is 0 Å². The zero-order chi connectivity index (χ0) is 24.7. The van der Waals surface area contributed by atoms with E-state index in [-0.39, 0.29) is 29.5 Å². The van der Waals surface area contributed by atoms with Gasteiger partial charge in [0.15, 0.2) is 5.78 Å². The summed E-state index contributed by atoms with van der Waals surface area (Å²) in [5, 5.41) is 0. The van der Waals surface area contributed by atoms with Crippen molar-refractivity contribution in [1.82, 2.24) is 0 Å². The second kappa shape index (κ2) is 10.1. The van der Waals surface area contributed by atoms with E-state index in [1.165, 1.54) is 56.9 Å². The zero-order valence-corrected chi connectivity index (χ0v) is 22.8. The first-order valence-corrected chi connectivity index (χ1v) is 14.5. The van der Waals surface area contributed by atoms with Crippen LogP contribution in [0, 0.1) is 52.3 Å². The monoisotopic (exact) mass is 470 g/mol. The molecule has 3 nitrogen and oxygen atoms in total. The Morgan fingerprint density at radius 3 is 2.56 bits per heavy atom. The lowest BCUT2D eigenvalue weighted by Crippen LogP contribution is -2.52. The van der Waals surface area contributed by atoms with E-state index in [0.29, 0.717) is 17.9 Å². The van der Waals surface area contributed by atoms with E-state index in [1.807, 2.05) is 13.0 Å². The number of fused-ring (bicyclic) bond motifs is 5. The molecule has 3 heteroatoms. The average Bonchev–Trinajstić information content (AvgIpc) is 3.12. The molecule has 0 N–H and O–H groups in total. The molecule has 192 valence electrons. The highest BCUT2D eigenvalue weighted by Gasteiger charge is 2.60. The van der Waals surface area contributed by atoms with Gasteiger partial charge in [0.25, 0.3) is 0 Å². The molecular formula is C31H50O3. The van der Waals surface area contributed by atoms with Crippen molar-refractivity contribution in [3.63, 3.8) is 0 Å². The van der Waals surface area contributed by atoms with Crippen molar-refractivity contribution in [2.75, 3.05) is 6.61 Å². The maximum Gasteiger partial charge on any atom is 0.306 e. The summed E-state index contributed by atoms with van der Waals surface area (Å²) in [5.41, 5.74) is 1.96. The quantitative estimate of drug-likeness (QED) is 0.340. The predicted molar refractivity (Wildman–Crippen MR) is 138 cm³/mol. The molecule has 0 heterocycles. The Bertz CT molecular complexity index is 796. The molecule has 0 aromatic carbocycles. The SMILES string of the molecule is CCOC(=O)C[C@@H]1C[C@@]2(C)C(=CC1=O)CCC1C3CCC(C(C)CCCC(C)C)[C@@]3(C)CCC12. The highest BCUT2D eigenvalue weighted by atomic mass is 16.5. The van der Waals surface area contributed by atoms with Crippen LogP contribution in [-0.4, -0.2) is 18.4 Å². The summed E-state index contributed by atoms with van der Waals surface area (Å²) < 4.78 is 5.20. The number of carbonyl (C=O) groups is 2. The minimum absolute atomic E-state index is 0.0796. The molecule has 0 amide bonds. The third kappa shape index (κ3) is 4.66. The number of ketones is 1.